The highest BCUT2D eigenvalue weighted by Crippen LogP contribution is 2.22. The third-order valence-corrected chi connectivity index (χ3v) is 5.40. The van der Waals surface area contributed by atoms with Crippen molar-refractivity contribution in [2.75, 3.05) is 63.9 Å². The van der Waals surface area contributed by atoms with Crippen LogP contribution < -0.4 is 4.90 Å². The first-order chi connectivity index (χ1) is 11.6. The van der Waals surface area contributed by atoms with Crippen LogP contribution in [0.2, 0.25) is 0 Å². The summed E-state index contributed by atoms with van der Waals surface area (Å²) in [7, 11) is 0. The van der Waals surface area contributed by atoms with E-state index in [-0.39, 0.29) is 5.54 Å². The van der Waals surface area contributed by atoms with Crippen LogP contribution >= 0.6 is 0 Å². The van der Waals surface area contributed by atoms with E-state index in [0.717, 1.165) is 52.5 Å². The van der Waals surface area contributed by atoms with Crippen LogP contribution in [-0.4, -0.2) is 79.3 Å². The molecule has 0 spiro atoms. The predicted octanol–water partition coefficient (Wildman–Crippen LogP) is 2.01. The van der Waals surface area contributed by atoms with Gasteiger partial charge in [-0.3, -0.25) is 14.8 Å². The van der Waals surface area contributed by atoms with Crippen molar-refractivity contribution in [3.05, 3.63) is 24.0 Å². The Labute approximate surface area is 146 Å². The van der Waals surface area contributed by atoms with Crippen molar-refractivity contribution < 1.29 is 4.74 Å². The molecule has 0 radical (unpaired) electrons. The first-order valence-corrected chi connectivity index (χ1v) is 9.27. The Hall–Kier alpha value is -1.17. The molecule has 0 aromatic carbocycles. The van der Waals surface area contributed by atoms with Crippen LogP contribution in [0.15, 0.2) is 18.5 Å². The van der Waals surface area contributed by atoms with Gasteiger partial charge in [0.05, 0.1) is 13.2 Å². The number of aromatic nitrogens is 1. The summed E-state index contributed by atoms with van der Waals surface area (Å²) in [4.78, 5) is 12.0. The molecular formula is C19H32N4O. The molecule has 2 aliphatic heterocycles. The molecule has 0 aliphatic carbocycles. The normalized spacial score (nSPS) is 21.7. The first kappa shape index (κ1) is 17.6. The monoisotopic (exact) mass is 332 g/mol. The van der Waals surface area contributed by atoms with Gasteiger partial charge in [-0.05, 0) is 45.4 Å². The number of pyridine rings is 1. The van der Waals surface area contributed by atoms with Crippen molar-refractivity contribution in [2.24, 2.45) is 0 Å². The number of aryl methyl sites for hydroxylation is 1. The number of nitrogens with zero attached hydrogens (tertiary/aromatic N) is 4. The lowest BCUT2D eigenvalue weighted by atomic mass is 10.0. The van der Waals surface area contributed by atoms with E-state index in [2.05, 4.69) is 46.5 Å². The molecule has 5 nitrogen and oxygen atoms in total. The van der Waals surface area contributed by atoms with Gasteiger partial charge in [-0.2, -0.15) is 0 Å². The number of anilines is 1. The summed E-state index contributed by atoms with van der Waals surface area (Å²) < 4.78 is 5.51. The SMILES string of the molecule is Cc1cnccc1N1CCCN(CC(C)(C)N2CCOCC2)CC1. The Kier molecular flexibility index (Phi) is 5.74. The Bertz CT molecular complexity index is 528. The number of rotatable bonds is 4. The Morgan fingerprint density at radius 3 is 2.62 bits per heavy atom. The van der Waals surface area contributed by atoms with E-state index in [4.69, 9.17) is 4.74 Å². The van der Waals surface area contributed by atoms with Gasteiger partial charge in [0.2, 0.25) is 0 Å². The van der Waals surface area contributed by atoms with Gasteiger partial charge < -0.3 is 9.64 Å². The predicted molar refractivity (Wildman–Crippen MR) is 98.7 cm³/mol. The number of ether oxygens (including phenoxy) is 1. The summed E-state index contributed by atoms with van der Waals surface area (Å²) >= 11 is 0. The summed E-state index contributed by atoms with van der Waals surface area (Å²) in [6.45, 7) is 16.5. The molecule has 0 bridgehead atoms. The van der Waals surface area contributed by atoms with Crippen molar-refractivity contribution in [1.29, 1.82) is 0 Å². The zero-order valence-electron chi connectivity index (χ0n) is 15.5. The van der Waals surface area contributed by atoms with Crippen LogP contribution in [0, 0.1) is 6.92 Å². The van der Waals surface area contributed by atoms with Gasteiger partial charge in [0.25, 0.3) is 0 Å². The Morgan fingerprint density at radius 1 is 1.08 bits per heavy atom. The maximum absolute atomic E-state index is 5.51. The summed E-state index contributed by atoms with van der Waals surface area (Å²) in [6, 6.07) is 2.16. The molecule has 5 heteroatoms. The van der Waals surface area contributed by atoms with Crippen LogP contribution in [0.4, 0.5) is 5.69 Å². The van der Waals surface area contributed by atoms with Gasteiger partial charge in [-0.1, -0.05) is 0 Å². The molecule has 0 saturated carbocycles. The third kappa shape index (κ3) is 4.26. The average molecular weight is 332 g/mol. The second-order valence-corrected chi connectivity index (χ2v) is 7.69. The van der Waals surface area contributed by atoms with Gasteiger partial charge >= 0.3 is 0 Å². The third-order valence-electron chi connectivity index (χ3n) is 5.40. The maximum Gasteiger partial charge on any atom is 0.0594 e. The summed E-state index contributed by atoms with van der Waals surface area (Å²) in [6.07, 6.45) is 5.10. The smallest absolute Gasteiger partial charge is 0.0594 e. The minimum absolute atomic E-state index is 0.214. The van der Waals surface area contributed by atoms with E-state index in [1.165, 1.54) is 24.2 Å². The fraction of sp³-hybridized carbons (Fsp3) is 0.737. The molecule has 24 heavy (non-hydrogen) atoms. The summed E-state index contributed by atoms with van der Waals surface area (Å²) in [5.41, 5.74) is 2.84. The highest BCUT2D eigenvalue weighted by Gasteiger charge is 2.31. The van der Waals surface area contributed by atoms with Gasteiger partial charge in [0, 0.05) is 62.9 Å². The Balaban J connectivity index is 1.58. The van der Waals surface area contributed by atoms with Gasteiger partial charge in [-0.25, -0.2) is 0 Å². The second kappa shape index (κ2) is 7.81. The van der Waals surface area contributed by atoms with Crippen LogP contribution in [-0.2, 0) is 4.74 Å². The molecule has 0 atom stereocenters. The maximum atomic E-state index is 5.51. The zero-order chi connectivity index (χ0) is 17.0. The molecule has 134 valence electrons. The Morgan fingerprint density at radius 2 is 1.88 bits per heavy atom. The molecule has 2 saturated heterocycles. The van der Waals surface area contributed by atoms with E-state index in [0.29, 0.717) is 0 Å². The quantitative estimate of drug-likeness (QED) is 0.842. The largest absolute Gasteiger partial charge is 0.379 e. The highest BCUT2D eigenvalue weighted by molar-refractivity contribution is 5.51. The minimum Gasteiger partial charge on any atom is -0.379 e. The van der Waals surface area contributed by atoms with E-state index in [9.17, 15) is 0 Å². The number of morpholine rings is 1. The lowest BCUT2D eigenvalue weighted by Crippen LogP contribution is -2.55. The molecule has 3 rings (SSSR count). The topological polar surface area (TPSA) is 31.8 Å². The lowest BCUT2D eigenvalue weighted by molar-refractivity contribution is -0.0210. The zero-order valence-corrected chi connectivity index (χ0v) is 15.5. The van der Waals surface area contributed by atoms with Crippen molar-refractivity contribution in [3.63, 3.8) is 0 Å². The van der Waals surface area contributed by atoms with Crippen LogP contribution in [0.5, 0.6) is 0 Å². The van der Waals surface area contributed by atoms with E-state index in [1.54, 1.807) is 0 Å². The summed E-state index contributed by atoms with van der Waals surface area (Å²) in [5, 5.41) is 0. The fourth-order valence-corrected chi connectivity index (χ4v) is 4.01. The molecule has 2 fully saturated rings. The molecular weight excluding hydrogens is 300 g/mol. The lowest BCUT2D eigenvalue weighted by Gasteiger charge is -2.43. The van der Waals surface area contributed by atoms with E-state index >= 15 is 0 Å². The molecule has 0 amide bonds. The molecule has 0 N–H and O–H groups in total. The van der Waals surface area contributed by atoms with Crippen molar-refractivity contribution in [2.45, 2.75) is 32.7 Å². The average Bonchev–Trinajstić information content (AvgIpc) is 2.81. The van der Waals surface area contributed by atoms with Crippen molar-refractivity contribution in [1.82, 2.24) is 14.8 Å². The molecule has 3 heterocycles. The number of hydrogen-bond acceptors (Lipinski definition) is 5. The van der Waals surface area contributed by atoms with Crippen molar-refractivity contribution >= 4 is 5.69 Å². The van der Waals surface area contributed by atoms with E-state index in [1.807, 2.05) is 12.4 Å². The van der Waals surface area contributed by atoms with Crippen LogP contribution in [0.25, 0.3) is 0 Å². The van der Waals surface area contributed by atoms with Crippen molar-refractivity contribution in [3.8, 4) is 0 Å². The second-order valence-electron chi connectivity index (χ2n) is 7.69. The van der Waals surface area contributed by atoms with Crippen LogP contribution in [0.3, 0.4) is 0 Å². The molecule has 1 aromatic rings. The standard InChI is InChI=1S/C19H32N4O/c1-17-15-20-6-5-18(17)22-8-4-7-21(9-10-22)16-19(2,3)23-11-13-24-14-12-23/h5-6,15H,4,7-14,16H2,1-3H3. The van der Waals surface area contributed by atoms with Gasteiger partial charge in [-0.15, -0.1) is 0 Å². The number of hydrogen-bond donors (Lipinski definition) is 0. The highest BCUT2D eigenvalue weighted by atomic mass is 16.5. The van der Waals surface area contributed by atoms with E-state index < -0.39 is 0 Å². The molecule has 1 aromatic heterocycles. The van der Waals surface area contributed by atoms with Gasteiger partial charge in [0.1, 0.15) is 0 Å². The molecule has 2 aliphatic rings. The molecule has 0 unspecified atom stereocenters. The fourth-order valence-electron chi connectivity index (χ4n) is 4.01. The van der Waals surface area contributed by atoms with Crippen LogP contribution in [0.1, 0.15) is 25.8 Å². The first-order valence-electron chi connectivity index (χ1n) is 9.27. The summed E-state index contributed by atoms with van der Waals surface area (Å²) in [5.74, 6) is 0. The van der Waals surface area contributed by atoms with Gasteiger partial charge in [0.15, 0.2) is 0 Å². The minimum atomic E-state index is 0.214.